The Morgan fingerprint density at radius 3 is 2.97 bits per heavy atom. The van der Waals surface area contributed by atoms with Crippen molar-refractivity contribution in [3.8, 4) is 11.5 Å². The number of ether oxygens (including phenoxy) is 2. The fraction of sp³-hybridized carbons (Fsp3) is 0.190. The molecule has 1 atom stereocenters. The van der Waals surface area contributed by atoms with Crippen molar-refractivity contribution in [2.24, 2.45) is 5.16 Å². The summed E-state index contributed by atoms with van der Waals surface area (Å²) in [5.74, 6) is 0.182. The average Bonchev–Trinajstić information content (AvgIpc) is 3.43. The summed E-state index contributed by atoms with van der Waals surface area (Å²) in [5, 5.41) is 11.1. The van der Waals surface area contributed by atoms with E-state index >= 15 is 0 Å². The van der Waals surface area contributed by atoms with Gasteiger partial charge in [0.15, 0.2) is 6.73 Å². The van der Waals surface area contributed by atoms with Gasteiger partial charge in [0.25, 0.3) is 5.91 Å². The molecule has 1 unspecified atom stereocenters. The maximum absolute atomic E-state index is 13.1. The Labute approximate surface area is 182 Å². The molecule has 8 nitrogen and oxygen atoms in total. The Bertz CT molecular complexity index is 1130. The molecule has 3 aromatic rings. The third-order valence-electron chi connectivity index (χ3n) is 4.53. The van der Waals surface area contributed by atoms with E-state index in [4.69, 9.17) is 25.9 Å². The molecular formula is C21H18ClFN4O4. The molecule has 0 bridgehead atoms. The number of oxime groups is 1. The molecule has 4 rings (SSSR count). The molecule has 31 heavy (non-hydrogen) atoms. The average molecular weight is 445 g/mol. The van der Waals surface area contributed by atoms with Gasteiger partial charge in [-0.3, -0.25) is 4.79 Å². The van der Waals surface area contributed by atoms with Crippen molar-refractivity contribution < 1.29 is 23.5 Å². The number of rotatable bonds is 7. The van der Waals surface area contributed by atoms with Crippen LogP contribution in [0, 0.1) is 5.82 Å². The Hall–Kier alpha value is -3.59. The molecule has 1 amide bonds. The summed E-state index contributed by atoms with van der Waals surface area (Å²) >= 11 is 5.93. The van der Waals surface area contributed by atoms with Gasteiger partial charge < -0.3 is 19.6 Å². The molecule has 1 N–H and O–H groups in total. The van der Waals surface area contributed by atoms with Crippen LogP contribution >= 0.6 is 11.6 Å². The minimum Gasteiger partial charge on any atom is -0.496 e. The number of carbonyl (C=O) groups excluding carboxylic acids is 1. The molecule has 1 aliphatic rings. The fourth-order valence-corrected chi connectivity index (χ4v) is 3.23. The molecule has 0 spiro atoms. The second-order valence-corrected chi connectivity index (χ2v) is 7.05. The standard InChI is InChI=1S/C21H18ClFN4O4/c1-29-18-5-3-2-4-15(18)17-9-20(31-26-17)21(28)25-14-10-24-27(11-14)12-30-19-7-6-13(23)8-16(19)22/h2-8,10-11,20H,9,12H2,1H3,(H,25,28). The van der Waals surface area contributed by atoms with Crippen molar-refractivity contribution in [2.75, 3.05) is 12.4 Å². The van der Waals surface area contributed by atoms with Gasteiger partial charge in [-0.05, 0) is 30.3 Å². The van der Waals surface area contributed by atoms with Crippen LogP contribution in [0.5, 0.6) is 11.5 Å². The van der Waals surface area contributed by atoms with Crippen LogP contribution in [0.1, 0.15) is 12.0 Å². The highest BCUT2D eigenvalue weighted by molar-refractivity contribution is 6.32. The normalized spacial score (nSPS) is 15.2. The van der Waals surface area contributed by atoms with E-state index in [1.165, 1.54) is 23.0 Å². The van der Waals surface area contributed by atoms with Gasteiger partial charge in [-0.15, -0.1) is 0 Å². The van der Waals surface area contributed by atoms with Crippen molar-refractivity contribution in [1.82, 2.24) is 9.78 Å². The minimum absolute atomic E-state index is 0.0300. The number of anilines is 1. The number of para-hydroxylation sites is 1. The molecule has 1 aromatic heterocycles. The molecule has 2 heterocycles. The fourth-order valence-electron chi connectivity index (χ4n) is 3.01. The van der Waals surface area contributed by atoms with Crippen LogP contribution in [-0.2, 0) is 16.4 Å². The smallest absolute Gasteiger partial charge is 0.268 e. The zero-order chi connectivity index (χ0) is 21.8. The molecule has 0 saturated heterocycles. The minimum atomic E-state index is -0.766. The summed E-state index contributed by atoms with van der Waals surface area (Å²) in [4.78, 5) is 17.9. The number of amides is 1. The highest BCUT2D eigenvalue weighted by atomic mass is 35.5. The molecule has 0 aliphatic carbocycles. The predicted octanol–water partition coefficient (Wildman–Crippen LogP) is 3.85. The van der Waals surface area contributed by atoms with E-state index in [0.29, 0.717) is 29.3 Å². The van der Waals surface area contributed by atoms with Crippen LogP contribution in [0.15, 0.2) is 60.0 Å². The first-order valence-electron chi connectivity index (χ1n) is 9.30. The van der Waals surface area contributed by atoms with Crippen LogP contribution < -0.4 is 14.8 Å². The number of carbonyl (C=O) groups is 1. The second kappa shape index (κ2) is 9.05. The number of hydrogen-bond donors (Lipinski definition) is 1. The van der Waals surface area contributed by atoms with E-state index in [9.17, 15) is 9.18 Å². The lowest BCUT2D eigenvalue weighted by Gasteiger charge is -2.09. The summed E-state index contributed by atoms with van der Waals surface area (Å²) in [7, 11) is 1.57. The molecule has 160 valence electrons. The van der Waals surface area contributed by atoms with E-state index < -0.39 is 11.9 Å². The van der Waals surface area contributed by atoms with E-state index in [1.54, 1.807) is 13.3 Å². The number of nitrogens with zero attached hydrogens (tertiary/aromatic N) is 3. The Morgan fingerprint density at radius 1 is 1.32 bits per heavy atom. The summed E-state index contributed by atoms with van der Waals surface area (Å²) in [6.45, 7) is 0.0300. The van der Waals surface area contributed by atoms with Gasteiger partial charge in [0, 0.05) is 12.0 Å². The Morgan fingerprint density at radius 2 is 2.16 bits per heavy atom. The third-order valence-corrected chi connectivity index (χ3v) is 4.82. The number of hydrogen-bond acceptors (Lipinski definition) is 6. The van der Waals surface area contributed by atoms with Crippen molar-refractivity contribution >= 4 is 28.9 Å². The maximum atomic E-state index is 13.1. The third kappa shape index (κ3) is 4.77. The van der Waals surface area contributed by atoms with Gasteiger partial charge in [0.2, 0.25) is 6.10 Å². The zero-order valence-electron chi connectivity index (χ0n) is 16.4. The molecular weight excluding hydrogens is 427 g/mol. The highest BCUT2D eigenvalue weighted by Crippen LogP contribution is 2.26. The molecule has 0 radical (unpaired) electrons. The van der Waals surface area contributed by atoms with E-state index in [1.807, 2.05) is 24.3 Å². The Balaban J connectivity index is 1.32. The maximum Gasteiger partial charge on any atom is 0.268 e. The summed E-state index contributed by atoms with van der Waals surface area (Å²) in [6, 6.07) is 11.2. The number of nitrogens with one attached hydrogen (secondary N) is 1. The van der Waals surface area contributed by atoms with Crippen LogP contribution in [0.3, 0.4) is 0 Å². The van der Waals surface area contributed by atoms with Gasteiger partial charge in [0.1, 0.15) is 17.3 Å². The summed E-state index contributed by atoms with van der Waals surface area (Å²) < 4.78 is 25.4. The van der Waals surface area contributed by atoms with E-state index in [0.717, 1.165) is 11.6 Å². The molecule has 10 heteroatoms. The molecule has 1 aliphatic heterocycles. The van der Waals surface area contributed by atoms with Crippen molar-refractivity contribution in [3.63, 3.8) is 0 Å². The Kier molecular flexibility index (Phi) is 6.03. The van der Waals surface area contributed by atoms with Gasteiger partial charge in [-0.1, -0.05) is 28.9 Å². The van der Waals surface area contributed by atoms with Crippen molar-refractivity contribution in [2.45, 2.75) is 19.3 Å². The summed E-state index contributed by atoms with van der Waals surface area (Å²) in [6.07, 6.45) is 2.61. The zero-order valence-corrected chi connectivity index (χ0v) is 17.2. The van der Waals surface area contributed by atoms with Crippen LogP contribution in [0.4, 0.5) is 10.1 Å². The quantitative estimate of drug-likeness (QED) is 0.598. The number of methoxy groups -OCH3 is 1. The van der Waals surface area contributed by atoms with Crippen molar-refractivity contribution in [3.05, 3.63) is 71.3 Å². The first-order chi connectivity index (χ1) is 15.0. The van der Waals surface area contributed by atoms with Gasteiger partial charge in [-0.25, -0.2) is 9.07 Å². The molecule has 0 saturated carbocycles. The number of halogens is 2. The lowest BCUT2D eigenvalue weighted by atomic mass is 10.0. The van der Waals surface area contributed by atoms with Crippen LogP contribution in [-0.4, -0.2) is 34.6 Å². The predicted molar refractivity (Wildman–Crippen MR) is 112 cm³/mol. The number of aromatic nitrogens is 2. The van der Waals surface area contributed by atoms with Gasteiger partial charge in [-0.2, -0.15) is 5.10 Å². The molecule has 2 aromatic carbocycles. The van der Waals surface area contributed by atoms with Gasteiger partial charge >= 0.3 is 0 Å². The first-order valence-corrected chi connectivity index (χ1v) is 9.68. The number of benzene rings is 2. The largest absolute Gasteiger partial charge is 0.496 e. The van der Waals surface area contributed by atoms with E-state index in [-0.39, 0.29) is 17.7 Å². The monoisotopic (exact) mass is 444 g/mol. The molecule has 0 fully saturated rings. The van der Waals surface area contributed by atoms with Crippen LogP contribution in [0.25, 0.3) is 0 Å². The topological polar surface area (TPSA) is 87.0 Å². The van der Waals surface area contributed by atoms with E-state index in [2.05, 4.69) is 15.6 Å². The second-order valence-electron chi connectivity index (χ2n) is 6.64. The van der Waals surface area contributed by atoms with Gasteiger partial charge in [0.05, 0.1) is 35.9 Å². The first kappa shape index (κ1) is 20.7. The van der Waals surface area contributed by atoms with Crippen LogP contribution in [0.2, 0.25) is 5.02 Å². The lowest BCUT2D eigenvalue weighted by molar-refractivity contribution is -0.125. The summed E-state index contributed by atoms with van der Waals surface area (Å²) in [5.41, 5.74) is 1.88. The lowest BCUT2D eigenvalue weighted by Crippen LogP contribution is -2.27. The van der Waals surface area contributed by atoms with Crippen molar-refractivity contribution in [1.29, 1.82) is 0 Å². The highest BCUT2D eigenvalue weighted by Gasteiger charge is 2.30. The SMILES string of the molecule is COc1ccccc1C1=NOC(C(=O)Nc2cnn(COc3ccc(F)cc3Cl)c2)C1.